The maximum Gasteiger partial charge on any atom is 0.225 e. The van der Waals surface area contributed by atoms with Crippen molar-refractivity contribution in [3.05, 3.63) is 42.0 Å². The van der Waals surface area contributed by atoms with Crippen LogP contribution in [-0.4, -0.2) is 44.4 Å². The number of pyridine rings is 1. The molecule has 7 heteroatoms. The number of aliphatic hydroxyl groups excluding tert-OH is 1. The van der Waals surface area contributed by atoms with Gasteiger partial charge in [-0.25, -0.2) is 9.97 Å². The third-order valence-corrected chi connectivity index (χ3v) is 4.61. The molecule has 1 saturated heterocycles. The van der Waals surface area contributed by atoms with Crippen molar-refractivity contribution in [1.29, 1.82) is 0 Å². The second-order valence-electron chi connectivity index (χ2n) is 6.64. The van der Waals surface area contributed by atoms with Crippen LogP contribution in [0.15, 0.2) is 35.1 Å². The van der Waals surface area contributed by atoms with Crippen molar-refractivity contribution in [3.63, 3.8) is 0 Å². The molecule has 4 heterocycles. The standard InChI is InChI=1S/C19H21N5O2/c1-12-9-17(26-23-12)16-10-21-19(24-8-4-5-14(25)11-24)22-18(16)15-6-3-7-20-13(15)2/h3,6-7,9-10,14,25H,4-5,8,11H2,1-2H3/t14-/m1/s1. The molecule has 0 saturated carbocycles. The highest BCUT2D eigenvalue weighted by molar-refractivity contribution is 5.79. The molecule has 0 radical (unpaired) electrons. The zero-order chi connectivity index (χ0) is 18.1. The van der Waals surface area contributed by atoms with Crippen molar-refractivity contribution in [3.8, 4) is 22.6 Å². The van der Waals surface area contributed by atoms with Crippen LogP contribution in [0.5, 0.6) is 0 Å². The van der Waals surface area contributed by atoms with Crippen molar-refractivity contribution in [2.24, 2.45) is 0 Å². The maximum absolute atomic E-state index is 9.98. The maximum atomic E-state index is 9.98. The van der Waals surface area contributed by atoms with Crippen LogP contribution >= 0.6 is 0 Å². The van der Waals surface area contributed by atoms with E-state index in [1.807, 2.05) is 36.9 Å². The van der Waals surface area contributed by atoms with Crippen LogP contribution in [0.1, 0.15) is 24.2 Å². The van der Waals surface area contributed by atoms with Crippen molar-refractivity contribution >= 4 is 5.95 Å². The van der Waals surface area contributed by atoms with Crippen molar-refractivity contribution in [2.75, 3.05) is 18.0 Å². The van der Waals surface area contributed by atoms with Crippen LogP contribution in [0.2, 0.25) is 0 Å². The van der Waals surface area contributed by atoms with E-state index in [9.17, 15) is 5.11 Å². The SMILES string of the molecule is Cc1cc(-c2cnc(N3CCC[C@@H](O)C3)nc2-c2cccnc2C)on1. The normalized spacial score (nSPS) is 17.5. The average molecular weight is 351 g/mol. The van der Waals surface area contributed by atoms with Crippen LogP contribution in [0.25, 0.3) is 22.6 Å². The summed E-state index contributed by atoms with van der Waals surface area (Å²) in [5, 5.41) is 14.0. The zero-order valence-electron chi connectivity index (χ0n) is 14.9. The fraction of sp³-hybridized carbons (Fsp3) is 0.368. The molecule has 0 spiro atoms. The highest BCUT2D eigenvalue weighted by Gasteiger charge is 2.23. The van der Waals surface area contributed by atoms with Crippen LogP contribution in [0.4, 0.5) is 5.95 Å². The minimum Gasteiger partial charge on any atom is -0.391 e. The molecule has 0 aliphatic carbocycles. The number of piperidine rings is 1. The summed E-state index contributed by atoms with van der Waals surface area (Å²) < 4.78 is 5.45. The topological polar surface area (TPSA) is 88.2 Å². The third-order valence-electron chi connectivity index (χ3n) is 4.61. The summed E-state index contributed by atoms with van der Waals surface area (Å²) >= 11 is 0. The Balaban J connectivity index is 1.83. The van der Waals surface area contributed by atoms with E-state index in [0.717, 1.165) is 47.6 Å². The number of aromatic nitrogens is 4. The Labute approximate surface area is 151 Å². The van der Waals surface area contributed by atoms with Gasteiger partial charge in [-0.05, 0) is 38.8 Å². The first kappa shape index (κ1) is 16.7. The smallest absolute Gasteiger partial charge is 0.225 e. The van der Waals surface area contributed by atoms with Gasteiger partial charge in [0.15, 0.2) is 5.76 Å². The van der Waals surface area contributed by atoms with Gasteiger partial charge in [0.05, 0.1) is 23.1 Å². The molecule has 1 atom stereocenters. The van der Waals surface area contributed by atoms with E-state index in [2.05, 4.69) is 15.1 Å². The number of aliphatic hydroxyl groups is 1. The second kappa shape index (κ2) is 6.84. The van der Waals surface area contributed by atoms with Gasteiger partial charge in [0.1, 0.15) is 0 Å². The molecule has 0 bridgehead atoms. The van der Waals surface area contributed by atoms with E-state index in [1.54, 1.807) is 12.4 Å². The first-order valence-corrected chi connectivity index (χ1v) is 8.77. The molecule has 26 heavy (non-hydrogen) atoms. The van der Waals surface area contributed by atoms with Crippen LogP contribution < -0.4 is 4.90 Å². The number of β-amino-alcohol motifs (C(OH)–C–C–N with tert-alkyl or cyclic N) is 1. The Morgan fingerprint density at radius 3 is 2.85 bits per heavy atom. The predicted molar refractivity (Wildman–Crippen MR) is 97.7 cm³/mol. The summed E-state index contributed by atoms with van der Waals surface area (Å²) in [4.78, 5) is 15.8. The summed E-state index contributed by atoms with van der Waals surface area (Å²) in [5.74, 6) is 1.24. The Kier molecular flexibility index (Phi) is 4.38. The van der Waals surface area contributed by atoms with Gasteiger partial charge in [0, 0.05) is 42.8 Å². The minimum atomic E-state index is -0.340. The van der Waals surface area contributed by atoms with Crippen LogP contribution in [-0.2, 0) is 0 Å². The van der Waals surface area contributed by atoms with Gasteiger partial charge in [-0.3, -0.25) is 4.98 Å². The molecule has 0 amide bonds. The fourth-order valence-electron chi connectivity index (χ4n) is 3.27. The van der Waals surface area contributed by atoms with Gasteiger partial charge in [0.2, 0.25) is 5.95 Å². The molecule has 0 unspecified atom stereocenters. The van der Waals surface area contributed by atoms with Crippen LogP contribution in [0.3, 0.4) is 0 Å². The molecular formula is C19H21N5O2. The third kappa shape index (κ3) is 3.17. The lowest BCUT2D eigenvalue weighted by Crippen LogP contribution is -2.39. The van der Waals surface area contributed by atoms with E-state index in [-0.39, 0.29) is 6.10 Å². The van der Waals surface area contributed by atoms with Gasteiger partial charge in [-0.1, -0.05) is 5.16 Å². The van der Waals surface area contributed by atoms with E-state index < -0.39 is 0 Å². The highest BCUT2D eigenvalue weighted by Crippen LogP contribution is 2.33. The molecule has 1 aliphatic rings. The van der Waals surface area contributed by atoms with Crippen molar-refractivity contribution in [1.82, 2.24) is 20.1 Å². The lowest BCUT2D eigenvalue weighted by molar-refractivity contribution is 0.153. The van der Waals surface area contributed by atoms with E-state index >= 15 is 0 Å². The van der Waals surface area contributed by atoms with Gasteiger partial charge >= 0.3 is 0 Å². The highest BCUT2D eigenvalue weighted by atomic mass is 16.5. The van der Waals surface area contributed by atoms with E-state index in [1.165, 1.54) is 0 Å². The van der Waals surface area contributed by atoms with E-state index in [0.29, 0.717) is 18.3 Å². The molecule has 7 nitrogen and oxygen atoms in total. The van der Waals surface area contributed by atoms with Gasteiger partial charge < -0.3 is 14.5 Å². The van der Waals surface area contributed by atoms with Crippen molar-refractivity contribution in [2.45, 2.75) is 32.8 Å². The molecule has 1 fully saturated rings. The lowest BCUT2D eigenvalue weighted by atomic mass is 10.0. The first-order chi connectivity index (χ1) is 12.6. The summed E-state index contributed by atoms with van der Waals surface area (Å²) in [5.41, 5.74) is 4.16. The van der Waals surface area contributed by atoms with Crippen molar-refractivity contribution < 1.29 is 9.63 Å². The monoisotopic (exact) mass is 351 g/mol. The molecule has 3 aromatic rings. The Hall–Kier alpha value is -2.80. The fourth-order valence-corrected chi connectivity index (χ4v) is 3.27. The van der Waals surface area contributed by atoms with Gasteiger partial charge in [-0.2, -0.15) is 0 Å². The van der Waals surface area contributed by atoms with Crippen LogP contribution in [0, 0.1) is 13.8 Å². The number of aryl methyl sites for hydroxylation is 2. The Morgan fingerprint density at radius 1 is 1.23 bits per heavy atom. The summed E-state index contributed by atoms with van der Waals surface area (Å²) in [7, 11) is 0. The molecule has 4 rings (SSSR count). The molecule has 134 valence electrons. The second-order valence-corrected chi connectivity index (χ2v) is 6.64. The molecule has 1 aliphatic heterocycles. The largest absolute Gasteiger partial charge is 0.391 e. The number of hydrogen-bond donors (Lipinski definition) is 1. The summed E-state index contributed by atoms with van der Waals surface area (Å²) in [6, 6.07) is 5.76. The Bertz CT molecular complexity index is 924. The van der Waals surface area contributed by atoms with Gasteiger partial charge in [-0.15, -0.1) is 0 Å². The van der Waals surface area contributed by atoms with E-state index in [4.69, 9.17) is 9.51 Å². The lowest BCUT2D eigenvalue weighted by Gasteiger charge is -2.30. The predicted octanol–water partition coefficient (Wildman–Crippen LogP) is 2.77. The minimum absolute atomic E-state index is 0.340. The number of nitrogens with zero attached hydrogens (tertiary/aromatic N) is 5. The molecule has 0 aromatic carbocycles. The molecule has 3 aromatic heterocycles. The number of rotatable bonds is 3. The molecular weight excluding hydrogens is 330 g/mol. The molecule has 1 N–H and O–H groups in total. The number of anilines is 1. The zero-order valence-corrected chi connectivity index (χ0v) is 14.9. The summed E-state index contributed by atoms with van der Waals surface area (Å²) in [6.45, 7) is 5.22. The van der Waals surface area contributed by atoms with Gasteiger partial charge in [0.25, 0.3) is 0 Å². The Morgan fingerprint density at radius 2 is 2.12 bits per heavy atom. The quantitative estimate of drug-likeness (QED) is 0.776. The average Bonchev–Trinajstić information content (AvgIpc) is 3.08. The summed E-state index contributed by atoms with van der Waals surface area (Å²) in [6.07, 6.45) is 4.94. The first-order valence-electron chi connectivity index (χ1n) is 8.77. The number of hydrogen-bond acceptors (Lipinski definition) is 7.